The summed E-state index contributed by atoms with van der Waals surface area (Å²) in [5.74, 6) is -0.423. The molecule has 0 unspecified atom stereocenters. The highest BCUT2D eigenvalue weighted by Crippen LogP contribution is 2.41. The highest BCUT2D eigenvalue weighted by Gasteiger charge is 2.25. The predicted octanol–water partition coefficient (Wildman–Crippen LogP) is 13.7. The molecule has 0 heterocycles. The maximum atomic E-state index is 12.2. The molecule has 6 aromatic carbocycles. The van der Waals surface area contributed by atoms with Gasteiger partial charge in [0.1, 0.15) is 6.61 Å². The molecular weight excluding hydrogens is 711 g/mol. The Labute approximate surface area is 348 Å². The Kier molecular flexibility index (Phi) is 13.6. The fourth-order valence-corrected chi connectivity index (χ4v) is 8.45. The molecular formula is C53H63N3O2. The summed E-state index contributed by atoms with van der Waals surface area (Å²) < 4.78 is 5.57. The SMILES string of the molecule is C=C(C)C(=O)OCC(C)(C)Nc1ccc(C(c2ccc(N(C)c3c(C)cc(C)cc3C)cc2)c2ccc(N(C)c3c(C)cc(C)cc3C)cc2)c2ccccc12.CC. The average molecular weight is 774 g/mol. The number of anilines is 5. The van der Waals surface area contributed by atoms with Crippen LogP contribution in [0.3, 0.4) is 0 Å². The quantitative estimate of drug-likeness (QED) is 0.0762. The molecule has 0 fully saturated rings. The van der Waals surface area contributed by atoms with E-state index in [1.54, 1.807) is 6.92 Å². The second-order valence-electron chi connectivity index (χ2n) is 16.3. The van der Waals surface area contributed by atoms with E-state index in [-0.39, 0.29) is 18.5 Å². The van der Waals surface area contributed by atoms with Gasteiger partial charge in [-0.15, -0.1) is 0 Å². The third-order valence-electron chi connectivity index (χ3n) is 10.8. The van der Waals surface area contributed by atoms with Gasteiger partial charge < -0.3 is 19.9 Å². The number of nitrogens with one attached hydrogen (secondary N) is 1. The van der Waals surface area contributed by atoms with Crippen LogP contribution in [-0.2, 0) is 9.53 Å². The topological polar surface area (TPSA) is 44.8 Å². The first-order valence-electron chi connectivity index (χ1n) is 20.5. The van der Waals surface area contributed by atoms with Crippen molar-refractivity contribution in [1.29, 1.82) is 0 Å². The zero-order valence-corrected chi connectivity index (χ0v) is 37.1. The monoisotopic (exact) mass is 773 g/mol. The van der Waals surface area contributed by atoms with Gasteiger partial charge in [-0.1, -0.05) is 110 Å². The number of rotatable bonds is 12. The van der Waals surface area contributed by atoms with Gasteiger partial charge in [0.2, 0.25) is 0 Å². The molecule has 58 heavy (non-hydrogen) atoms. The van der Waals surface area contributed by atoms with Gasteiger partial charge in [0.15, 0.2) is 0 Å². The molecule has 1 N–H and O–H groups in total. The van der Waals surface area contributed by atoms with E-state index in [9.17, 15) is 4.79 Å². The standard InChI is InChI=1S/C51H57N3O2.C2H6/c1-32(2)50(55)56-31-51(9,10)52-46-26-25-45(43-15-13-14-16-44(43)46)47(39-17-21-41(22-18-39)53(11)48-35(5)27-33(3)28-36(48)6)40-19-23-42(24-20-40)54(12)49-37(7)29-34(4)30-38(49)8;1-2/h13-30,47,52H,1,31H2,2-12H3;1-2H3. The average Bonchev–Trinajstić information content (AvgIpc) is 3.18. The minimum absolute atomic E-state index is 0.0390. The number of aryl methyl sites for hydroxylation is 6. The number of hydrogen-bond donors (Lipinski definition) is 1. The van der Waals surface area contributed by atoms with Gasteiger partial charge in [0.25, 0.3) is 0 Å². The van der Waals surface area contributed by atoms with Crippen LogP contribution < -0.4 is 15.1 Å². The van der Waals surface area contributed by atoms with Crippen LogP contribution in [-0.4, -0.2) is 32.2 Å². The fourth-order valence-electron chi connectivity index (χ4n) is 8.45. The summed E-state index contributed by atoms with van der Waals surface area (Å²) in [5, 5.41) is 5.95. The third-order valence-corrected chi connectivity index (χ3v) is 10.8. The van der Waals surface area contributed by atoms with Crippen molar-refractivity contribution in [3.8, 4) is 0 Å². The minimum atomic E-state index is -0.513. The van der Waals surface area contributed by atoms with E-state index in [1.165, 1.54) is 61.4 Å². The van der Waals surface area contributed by atoms with Crippen LogP contribution in [0, 0.1) is 41.5 Å². The van der Waals surface area contributed by atoms with Gasteiger partial charge in [-0.2, -0.15) is 0 Å². The lowest BCUT2D eigenvalue weighted by molar-refractivity contribution is -0.140. The van der Waals surface area contributed by atoms with Gasteiger partial charge in [-0.3, -0.25) is 0 Å². The summed E-state index contributed by atoms with van der Waals surface area (Å²) in [6.07, 6.45) is 0. The molecule has 0 spiro atoms. The number of carbonyl (C=O) groups is 1. The van der Waals surface area contributed by atoms with E-state index in [4.69, 9.17) is 4.74 Å². The lowest BCUT2D eigenvalue weighted by Crippen LogP contribution is -2.37. The second kappa shape index (κ2) is 18.2. The summed E-state index contributed by atoms with van der Waals surface area (Å²) in [7, 11) is 4.31. The predicted molar refractivity (Wildman–Crippen MR) is 250 cm³/mol. The maximum absolute atomic E-state index is 12.2. The first-order chi connectivity index (χ1) is 27.5. The van der Waals surface area contributed by atoms with Crippen LogP contribution in [0.15, 0.2) is 121 Å². The Morgan fingerprint density at radius 1 is 0.655 bits per heavy atom. The fraction of sp³-hybridized carbons (Fsp3) is 0.302. The molecule has 0 bridgehead atoms. The molecule has 0 saturated heterocycles. The number of benzene rings is 6. The molecule has 6 aromatic rings. The largest absolute Gasteiger partial charge is 0.460 e. The van der Waals surface area contributed by atoms with Crippen molar-refractivity contribution in [2.24, 2.45) is 0 Å². The third kappa shape index (κ3) is 9.48. The Hall–Kier alpha value is -5.81. The molecule has 0 amide bonds. The van der Waals surface area contributed by atoms with Gasteiger partial charge >= 0.3 is 5.97 Å². The zero-order valence-electron chi connectivity index (χ0n) is 37.1. The molecule has 0 aliphatic heterocycles. The van der Waals surface area contributed by atoms with Crippen LogP contribution in [0.5, 0.6) is 0 Å². The van der Waals surface area contributed by atoms with Crippen molar-refractivity contribution in [2.75, 3.05) is 35.8 Å². The van der Waals surface area contributed by atoms with Gasteiger partial charge in [0.05, 0.1) is 5.54 Å². The van der Waals surface area contributed by atoms with Crippen molar-refractivity contribution >= 4 is 45.2 Å². The van der Waals surface area contributed by atoms with Gasteiger partial charge in [0, 0.05) is 59.4 Å². The highest BCUT2D eigenvalue weighted by molar-refractivity contribution is 5.97. The molecule has 0 aliphatic rings. The van der Waals surface area contributed by atoms with Crippen molar-refractivity contribution < 1.29 is 9.53 Å². The number of carbonyl (C=O) groups excluding carboxylic acids is 1. The van der Waals surface area contributed by atoms with Crippen LogP contribution in [0.1, 0.15) is 90.6 Å². The lowest BCUT2D eigenvalue weighted by atomic mass is 9.82. The van der Waals surface area contributed by atoms with Crippen molar-refractivity contribution in [3.63, 3.8) is 0 Å². The van der Waals surface area contributed by atoms with Crippen LogP contribution in [0.4, 0.5) is 28.4 Å². The van der Waals surface area contributed by atoms with Crippen molar-refractivity contribution in [3.05, 3.63) is 171 Å². The number of esters is 1. The maximum Gasteiger partial charge on any atom is 0.333 e. The smallest absolute Gasteiger partial charge is 0.333 e. The second-order valence-corrected chi connectivity index (χ2v) is 16.3. The molecule has 0 aromatic heterocycles. The summed E-state index contributed by atoms with van der Waals surface area (Å²) in [6.45, 7) is 26.8. The Bertz CT molecular complexity index is 2250. The van der Waals surface area contributed by atoms with Crippen molar-refractivity contribution in [2.45, 2.75) is 87.6 Å². The van der Waals surface area contributed by atoms with E-state index >= 15 is 0 Å². The van der Waals surface area contributed by atoms with E-state index in [0.29, 0.717) is 5.57 Å². The molecule has 6 rings (SSSR count). The molecule has 0 atom stereocenters. The molecule has 0 saturated carbocycles. The molecule has 5 nitrogen and oxygen atoms in total. The summed E-state index contributed by atoms with van der Waals surface area (Å²) in [5.41, 5.74) is 16.9. The summed E-state index contributed by atoms with van der Waals surface area (Å²) in [6, 6.07) is 40.2. The lowest BCUT2D eigenvalue weighted by Gasteiger charge is -2.29. The zero-order chi connectivity index (χ0) is 42.5. The number of fused-ring (bicyclic) bond motifs is 1. The number of ether oxygens (including phenoxy) is 1. The van der Waals surface area contributed by atoms with Crippen molar-refractivity contribution in [1.82, 2.24) is 0 Å². The summed E-state index contributed by atoms with van der Waals surface area (Å²) in [4.78, 5) is 16.8. The minimum Gasteiger partial charge on any atom is -0.460 e. The van der Waals surface area contributed by atoms with E-state index in [0.717, 1.165) is 27.8 Å². The molecule has 0 aliphatic carbocycles. The normalized spacial score (nSPS) is 11.2. The van der Waals surface area contributed by atoms with E-state index in [2.05, 4.69) is 187 Å². The number of nitrogens with zero attached hydrogens (tertiary/aromatic N) is 2. The van der Waals surface area contributed by atoms with Crippen LogP contribution in [0.25, 0.3) is 10.8 Å². The van der Waals surface area contributed by atoms with Crippen LogP contribution in [0.2, 0.25) is 0 Å². The van der Waals surface area contributed by atoms with E-state index < -0.39 is 5.54 Å². The first-order valence-corrected chi connectivity index (χ1v) is 20.5. The highest BCUT2D eigenvalue weighted by atomic mass is 16.5. The Balaban J connectivity index is 0.00000315. The Morgan fingerprint density at radius 3 is 1.48 bits per heavy atom. The molecule has 5 heteroatoms. The van der Waals surface area contributed by atoms with Gasteiger partial charge in [-0.05, 0) is 137 Å². The summed E-state index contributed by atoms with van der Waals surface area (Å²) >= 11 is 0. The molecule has 0 radical (unpaired) electrons. The van der Waals surface area contributed by atoms with Crippen LogP contribution >= 0.6 is 0 Å². The first kappa shape index (κ1) is 43.3. The van der Waals surface area contributed by atoms with Gasteiger partial charge in [-0.25, -0.2) is 4.79 Å². The Morgan fingerprint density at radius 2 is 1.07 bits per heavy atom. The molecule has 302 valence electrons. The number of hydrogen-bond acceptors (Lipinski definition) is 5. The van der Waals surface area contributed by atoms with E-state index in [1.807, 2.05) is 27.7 Å².